The van der Waals surface area contributed by atoms with Crippen molar-refractivity contribution in [1.29, 1.82) is 0 Å². The van der Waals surface area contributed by atoms with Crippen molar-refractivity contribution in [2.24, 2.45) is 0 Å². The molecular weight excluding hydrogens is 272 g/mol. The number of hydrogen-bond acceptors (Lipinski definition) is 5. The molecule has 1 aliphatic heterocycles. The monoisotopic (exact) mass is 294 g/mol. The molecule has 116 valence electrons. The van der Waals surface area contributed by atoms with E-state index in [-0.39, 0.29) is 25.2 Å². The van der Waals surface area contributed by atoms with Crippen molar-refractivity contribution < 1.29 is 19.7 Å². The van der Waals surface area contributed by atoms with Crippen molar-refractivity contribution in [1.82, 2.24) is 4.90 Å². The smallest absolute Gasteiger partial charge is 0.244 e. The number of aliphatic hydroxyl groups is 2. The molecule has 0 aromatic heterocycles. The topological polar surface area (TPSA) is 73.2 Å². The SMILES string of the molecule is COc1cccc(N2CCN(C(CO)CO)[C@@H](C)C2=O)c1. The van der Waals surface area contributed by atoms with Crippen molar-refractivity contribution in [2.75, 3.05) is 38.3 Å². The van der Waals surface area contributed by atoms with Crippen LogP contribution in [0.4, 0.5) is 5.69 Å². The van der Waals surface area contributed by atoms with E-state index in [2.05, 4.69) is 0 Å². The molecule has 0 bridgehead atoms. The second kappa shape index (κ2) is 6.89. The van der Waals surface area contributed by atoms with Gasteiger partial charge in [-0.05, 0) is 19.1 Å². The van der Waals surface area contributed by atoms with Crippen molar-refractivity contribution in [3.05, 3.63) is 24.3 Å². The molecule has 1 aromatic carbocycles. The maximum Gasteiger partial charge on any atom is 0.244 e. The standard InChI is InChI=1S/C15H22N2O4/c1-11-15(20)17(7-6-16(11)13(9-18)10-19)12-4-3-5-14(8-12)21-2/h3-5,8,11,13,18-19H,6-7,9-10H2,1-2H3/t11-/m0/s1. The Morgan fingerprint density at radius 3 is 2.67 bits per heavy atom. The Morgan fingerprint density at radius 1 is 1.33 bits per heavy atom. The number of piperazine rings is 1. The maximum absolute atomic E-state index is 12.6. The molecule has 1 aromatic rings. The van der Waals surface area contributed by atoms with Gasteiger partial charge in [-0.3, -0.25) is 9.69 Å². The van der Waals surface area contributed by atoms with Crippen LogP contribution in [0.1, 0.15) is 6.92 Å². The molecule has 2 N–H and O–H groups in total. The van der Waals surface area contributed by atoms with Crippen LogP contribution in [0.2, 0.25) is 0 Å². The average Bonchev–Trinajstić information content (AvgIpc) is 2.52. The first-order chi connectivity index (χ1) is 10.1. The highest BCUT2D eigenvalue weighted by atomic mass is 16.5. The predicted octanol–water partition coefficient (Wildman–Crippen LogP) is 0.0855. The highest BCUT2D eigenvalue weighted by molar-refractivity contribution is 5.97. The lowest BCUT2D eigenvalue weighted by Crippen LogP contribution is -2.60. The van der Waals surface area contributed by atoms with Crippen LogP contribution in [-0.2, 0) is 4.79 Å². The average molecular weight is 294 g/mol. The number of nitrogens with zero attached hydrogens (tertiary/aromatic N) is 2. The van der Waals surface area contributed by atoms with Gasteiger partial charge in [0.05, 0.1) is 32.4 Å². The number of anilines is 1. The van der Waals surface area contributed by atoms with Crippen molar-refractivity contribution in [2.45, 2.75) is 19.0 Å². The molecule has 0 spiro atoms. The normalized spacial score (nSPS) is 20.1. The van der Waals surface area contributed by atoms with E-state index >= 15 is 0 Å². The van der Waals surface area contributed by atoms with Crippen LogP contribution in [0.15, 0.2) is 24.3 Å². The summed E-state index contributed by atoms with van der Waals surface area (Å²) in [5.41, 5.74) is 0.801. The van der Waals surface area contributed by atoms with Gasteiger partial charge in [-0.25, -0.2) is 0 Å². The molecule has 1 amide bonds. The number of hydrogen-bond donors (Lipinski definition) is 2. The van der Waals surface area contributed by atoms with Gasteiger partial charge in [0.25, 0.3) is 0 Å². The highest BCUT2D eigenvalue weighted by Crippen LogP contribution is 2.25. The first kappa shape index (κ1) is 15.8. The minimum Gasteiger partial charge on any atom is -0.497 e. The number of carbonyl (C=O) groups is 1. The maximum atomic E-state index is 12.6. The summed E-state index contributed by atoms with van der Waals surface area (Å²) in [6, 6.07) is 6.61. The zero-order valence-corrected chi connectivity index (χ0v) is 12.4. The first-order valence-electron chi connectivity index (χ1n) is 7.05. The fourth-order valence-corrected chi connectivity index (χ4v) is 2.69. The Kier molecular flexibility index (Phi) is 5.17. The Hall–Kier alpha value is -1.63. The third-order valence-corrected chi connectivity index (χ3v) is 3.96. The number of carbonyl (C=O) groups excluding carboxylic acids is 1. The summed E-state index contributed by atoms with van der Waals surface area (Å²) in [6.07, 6.45) is 0. The van der Waals surface area contributed by atoms with Gasteiger partial charge in [-0.15, -0.1) is 0 Å². The molecule has 6 nitrogen and oxygen atoms in total. The van der Waals surface area contributed by atoms with E-state index in [0.717, 1.165) is 5.69 Å². The summed E-state index contributed by atoms with van der Waals surface area (Å²) in [6.45, 7) is 2.61. The predicted molar refractivity (Wildman–Crippen MR) is 79.5 cm³/mol. The molecule has 21 heavy (non-hydrogen) atoms. The molecule has 0 unspecified atom stereocenters. The lowest BCUT2D eigenvalue weighted by atomic mass is 10.1. The van der Waals surface area contributed by atoms with Crippen LogP contribution in [0.5, 0.6) is 5.75 Å². The molecule has 2 rings (SSSR count). The van der Waals surface area contributed by atoms with Gasteiger partial charge in [0.2, 0.25) is 5.91 Å². The van der Waals surface area contributed by atoms with Crippen molar-refractivity contribution in [3.8, 4) is 5.75 Å². The van der Waals surface area contributed by atoms with E-state index in [0.29, 0.717) is 18.8 Å². The minimum atomic E-state index is -0.392. The van der Waals surface area contributed by atoms with Gasteiger partial charge in [0.15, 0.2) is 0 Å². The van der Waals surface area contributed by atoms with Crippen LogP contribution >= 0.6 is 0 Å². The number of rotatable bonds is 5. The Balaban J connectivity index is 2.17. The van der Waals surface area contributed by atoms with Crippen LogP contribution in [0.3, 0.4) is 0 Å². The Labute approximate surface area is 124 Å². The number of aliphatic hydroxyl groups excluding tert-OH is 2. The Morgan fingerprint density at radius 2 is 2.05 bits per heavy atom. The van der Waals surface area contributed by atoms with Gasteiger partial charge in [-0.2, -0.15) is 0 Å². The lowest BCUT2D eigenvalue weighted by molar-refractivity contribution is -0.127. The summed E-state index contributed by atoms with van der Waals surface area (Å²) in [5.74, 6) is 0.667. The third kappa shape index (κ3) is 3.18. The van der Waals surface area contributed by atoms with E-state index in [9.17, 15) is 15.0 Å². The molecule has 0 saturated carbocycles. The largest absolute Gasteiger partial charge is 0.497 e. The molecule has 0 aliphatic carbocycles. The van der Waals surface area contributed by atoms with E-state index in [1.165, 1.54) is 0 Å². The summed E-state index contributed by atoms with van der Waals surface area (Å²) in [4.78, 5) is 16.1. The zero-order valence-electron chi connectivity index (χ0n) is 12.4. The van der Waals surface area contributed by atoms with Gasteiger partial charge in [0.1, 0.15) is 5.75 Å². The van der Waals surface area contributed by atoms with E-state index in [1.54, 1.807) is 18.9 Å². The number of methoxy groups -OCH3 is 1. The van der Waals surface area contributed by atoms with Crippen LogP contribution in [0, 0.1) is 0 Å². The highest BCUT2D eigenvalue weighted by Gasteiger charge is 2.35. The van der Waals surface area contributed by atoms with Gasteiger partial charge < -0.3 is 19.8 Å². The summed E-state index contributed by atoms with van der Waals surface area (Å²) < 4.78 is 5.19. The molecular formula is C15H22N2O4. The summed E-state index contributed by atoms with van der Waals surface area (Å²) >= 11 is 0. The fourth-order valence-electron chi connectivity index (χ4n) is 2.69. The van der Waals surface area contributed by atoms with Crippen LogP contribution in [-0.4, -0.2) is 66.5 Å². The minimum absolute atomic E-state index is 0.0404. The third-order valence-electron chi connectivity index (χ3n) is 3.96. The molecule has 1 heterocycles. The second-order valence-electron chi connectivity index (χ2n) is 5.12. The molecule has 1 atom stereocenters. The molecule has 0 radical (unpaired) electrons. The molecule has 1 fully saturated rings. The second-order valence-corrected chi connectivity index (χ2v) is 5.12. The van der Waals surface area contributed by atoms with Gasteiger partial charge in [0, 0.05) is 24.8 Å². The van der Waals surface area contributed by atoms with E-state index in [1.807, 2.05) is 29.2 Å². The van der Waals surface area contributed by atoms with Gasteiger partial charge in [-0.1, -0.05) is 6.07 Å². The van der Waals surface area contributed by atoms with Gasteiger partial charge >= 0.3 is 0 Å². The summed E-state index contributed by atoms with van der Waals surface area (Å²) in [7, 11) is 1.59. The molecule has 6 heteroatoms. The Bertz CT molecular complexity index is 490. The van der Waals surface area contributed by atoms with Crippen LogP contribution < -0.4 is 9.64 Å². The number of benzene rings is 1. The fraction of sp³-hybridized carbons (Fsp3) is 0.533. The van der Waals surface area contributed by atoms with Crippen LogP contribution in [0.25, 0.3) is 0 Å². The quantitative estimate of drug-likeness (QED) is 0.805. The van der Waals surface area contributed by atoms with Crippen molar-refractivity contribution in [3.63, 3.8) is 0 Å². The molecule has 1 saturated heterocycles. The lowest BCUT2D eigenvalue weighted by Gasteiger charge is -2.42. The number of ether oxygens (including phenoxy) is 1. The molecule has 1 aliphatic rings. The van der Waals surface area contributed by atoms with Crippen molar-refractivity contribution >= 4 is 11.6 Å². The van der Waals surface area contributed by atoms with E-state index in [4.69, 9.17) is 4.74 Å². The first-order valence-corrected chi connectivity index (χ1v) is 7.05. The summed E-state index contributed by atoms with van der Waals surface area (Å²) in [5, 5.41) is 18.6. The number of amides is 1. The van der Waals surface area contributed by atoms with E-state index < -0.39 is 6.04 Å². The zero-order chi connectivity index (χ0) is 15.4.